The Balaban J connectivity index is 2.21. The molecule has 0 amide bonds. The summed E-state index contributed by atoms with van der Waals surface area (Å²) in [6.07, 6.45) is 3.97. The number of Topliss-reactive ketones (excluding diaryl/α,β-unsaturated/α-hetero) is 1. The molecule has 3 nitrogen and oxygen atoms in total. The second kappa shape index (κ2) is 7.79. The average Bonchev–Trinajstić information content (AvgIpc) is 2.63. The van der Waals surface area contributed by atoms with Crippen LogP contribution in [0, 0.1) is 0 Å². The van der Waals surface area contributed by atoms with Crippen molar-refractivity contribution >= 4 is 33.9 Å². The third kappa shape index (κ3) is 4.55. The van der Waals surface area contributed by atoms with Gasteiger partial charge in [0.15, 0.2) is 0 Å². The van der Waals surface area contributed by atoms with Gasteiger partial charge >= 0.3 is 0 Å². The molecule has 0 spiro atoms. The Kier molecular flexibility index (Phi) is 5.47. The molecule has 2 N–H and O–H groups in total. The summed E-state index contributed by atoms with van der Waals surface area (Å²) in [5, 5.41) is 20.8. The maximum absolute atomic E-state index is 12.2. The Morgan fingerprint density at radius 1 is 0.769 bits per heavy atom. The maximum Gasteiger partial charge on any atom is 0.287 e. The van der Waals surface area contributed by atoms with Crippen LogP contribution in [0.2, 0.25) is 0 Å². The molecule has 0 aliphatic carbocycles. The molecule has 0 unspecified atom stereocenters. The van der Waals surface area contributed by atoms with Gasteiger partial charge in [0.25, 0.3) is 4.70 Å². The number of aliphatic hydroxyl groups is 2. The van der Waals surface area contributed by atoms with Gasteiger partial charge in [-0.15, -0.1) is 0 Å². The van der Waals surface area contributed by atoms with Gasteiger partial charge < -0.3 is 10.2 Å². The zero-order valence-electron chi connectivity index (χ0n) is 13.8. The standard InChI is InChI=1S/C22H17BrO3/c23-22(25,26)21(24)19-12-11-18(13-16-7-3-1-4-8-16)20(15-19)14-17-9-5-2-6-10-17/h1-15,25-26H. The van der Waals surface area contributed by atoms with Crippen molar-refractivity contribution in [1.82, 2.24) is 0 Å². The predicted molar refractivity (Wildman–Crippen MR) is 106 cm³/mol. The average molecular weight is 409 g/mol. The number of alkyl halides is 1. The van der Waals surface area contributed by atoms with Gasteiger partial charge in [0.05, 0.1) is 0 Å². The summed E-state index contributed by atoms with van der Waals surface area (Å²) < 4.78 is -2.58. The van der Waals surface area contributed by atoms with Crippen LogP contribution in [-0.2, 0) is 0 Å². The molecule has 0 aliphatic heterocycles. The van der Waals surface area contributed by atoms with Crippen molar-refractivity contribution in [3.63, 3.8) is 0 Å². The summed E-state index contributed by atoms with van der Waals surface area (Å²) in [5.74, 6) is -0.813. The molecule has 0 fully saturated rings. The number of ketones is 1. The van der Waals surface area contributed by atoms with Gasteiger partial charge in [-0.2, -0.15) is 0 Å². The number of hydrogen-bond donors (Lipinski definition) is 2. The van der Waals surface area contributed by atoms with Crippen LogP contribution in [0.25, 0.3) is 12.2 Å². The smallest absolute Gasteiger partial charge is 0.287 e. The van der Waals surface area contributed by atoms with Gasteiger partial charge in [0, 0.05) is 5.56 Å². The Morgan fingerprint density at radius 3 is 1.77 bits per heavy atom. The number of benzene rings is 3. The van der Waals surface area contributed by atoms with Gasteiger partial charge in [-0.1, -0.05) is 72.8 Å². The molecule has 3 aromatic carbocycles. The number of rotatable bonds is 4. The predicted octanol–water partition coefficient (Wildman–Crippen LogP) is 2.56. The fraction of sp³-hybridized carbons (Fsp3) is 0.0455. The van der Waals surface area contributed by atoms with Crippen LogP contribution in [-0.4, -0.2) is 20.7 Å². The van der Waals surface area contributed by atoms with Crippen molar-refractivity contribution < 1.29 is 15.0 Å². The third-order valence-corrected chi connectivity index (χ3v) is 4.24. The summed E-state index contributed by atoms with van der Waals surface area (Å²) in [7, 11) is 0. The number of carbonyl (C=O) groups is 1. The van der Waals surface area contributed by atoms with E-state index in [4.69, 9.17) is 0 Å². The third-order valence-electron chi connectivity index (χ3n) is 3.88. The second-order valence-corrected chi connectivity index (χ2v) is 6.98. The zero-order valence-corrected chi connectivity index (χ0v) is 15.4. The van der Waals surface area contributed by atoms with E-state index in [1.165, 1.54) is 0 Å². The van der Waals surface area contributed by atoms with Crippen LogP contribution in [0.3, 0.4) is 0 Å². The fourth-order valence-corrected chi connectivity index (χ4v) is 2.84. The first kappa shape index (κ1) is 18.3. The molecule has 3 aromatic rings. The molecule has 0 atom stereocenters. The SMILES string of the molecule is O=C(c1ccc(=Cc2ccccc2)c(=Cc2ccccc2)c1)C(O)(O)Br. The molecular weight excluding hydrogens is 392 g/mol. The fourth-order valence-electron chi connectivity index (χ4n) is 2.61. The lowest BCUT2D eigenvalue weighted by Gasteiger charge is -2.11. The van der Waals surface area contributed by atoms with Crippen molar-refractivity contribution in [1.29, 1.82) is 0 Å². The van der Waals surface area contributed by atoms with Crippen molar-refractivity contribution in [3.8, 4) is 0 Å². The lowest BCUT2D eigenvalue weighted by Crippen LogP contribution is -2.33. The molecule has 0 radical (unpaired) electrons. The highest BCUT2D eigenvalue weighted by Crippen LogP contribution is 2.15. The topological polar surface area (TPSA) is 57.5 Å². The minimum absolute atomic E-state index is 0.208. The minimum atomic E-state index is -2.58. The van der Waals surface area contributed by atoms with E-state index >= 15 is 0 Å². The Labute approximate surface area is 159 Å². The number of carbonyl (C=O) groups excluding carboxylic acids is 1. The van der Waals surface area contributed by atoms with Crippen molar-refractivity contribution in [2.45, 2.75) is 4.70 Å². The summed E-state index contributed by atoms with van der Waals surface area (Å²) in [6, 6.07) is 24.6. The van der Waals surface area contributed by atoms with Crippen molar-refractivity contribution in [3.05, 3.63) is 106 Å². The van der Waals surface area contributed by atoms with Gasteiger partial charge in [-0.3, -0.25) is 4.79 Å². The summed E-state index contributed by atoms with van der Waals surface area (Å²) in [6.45, 7) is 0. The van der Waals surface area contributed by atoms with Crippen LogP contribution < -0.4 is 10.4 Å². The van der Waals surface area contributed by atoms with E-state index in [1.807, 2.05) is 72.8 Å². The molecule has 0 bridgehead atoms. The molecule has 26 heavy (non-hydrogen) atoms. The molecule has 0 aliphatic rings. The largest absolute Gasteiger partial charge is 0.351 e. The first-order valence-electron chi connectivity index (χ1n) is 8.05. The summed E-state index contributed by atoms with van der Waals surface area (Å²) >= 11 is 2.59. The van der Waals surface area contributed by atoms with E-state index in [9.17, 15) is 15.0 Å². The molecule has 0 saturated carbocycles. The van der Waals surface area contributed by atoms with Crippen LogP contribution in [0.5, 0.6) is 0 Å². The van der Waals surface area contributed by atoms with Crippen molar-refractivity contribution in [2.75, 3.05) is 0 Å². The van der Waals surface area contributed by atoms with E-state index in [1.54, 1.807) is 18.2 Å². The van der Waals surface area contributed by atoms with Crippen LogP contribution >= 0.6 is 15.9 Å². The van der Waals surface area contributed by atoms with Crippen LogP contribution in [0.15, 0.2) is 78.9 Å². The molecule has 0 aromatic heterocycles. The zero-order chi connectivity index (χ0) is 18.6. The van der Waals surface area contributed by atoms with Gasteiger partial charge in [-0.25, -0.2) is 0 Å². The molecular formula is C22H17BrO3. The Morgan fingerprint density at radius 2 is 1.27 bits per heavy atom. The second-order valence-electron chi connectivity index (χ2n) is 5.87. The monoisotopic (exact) mass is 408 g/mol. The highest BCUT2D eigenvalue weighted by Gasteiger charge is 2.30. The van der Waals surface area contributed by atoms with Crippen LogP contribution in [0.4, 0.5) is 0 Å². The van der Waals surface area contributed by atoms with E-state index < -0.39 is 10.5 Å². The summed E-state index contributed by atoms with van der Waals surface area (Å²) in [4.78, 5) is 12.2. The summed E-state index contributed by atoms with van der Waals surface area (Å²) in [5.41, 5.74) is 2.23. The minimum Gasteiger partial charge on any atom is -0.351 e. The quantitative estimate of drug-likeness (QED) is 0.396. The molecule has 3 rings (SSSR count). The van der Waals surface area contributed by atoms with Crippen LogP contribution in [0.1, 0.15) is 21.5 Å². The van der Waals surface area contributed by atoms with E-state index in [2.05, 4.69) is 15.9 Å². The van der Waals surface area contributed by atoms with Gasteiger partial charge in [-0.05, 0) is 55.7 Å². The Hall–Kier alpha value is -2.53. The first-order chi connectivity index (χ1) is 12.4. The van der Waals surface area contributed by atoms with Gasteiger partial charge in [0.1, 0.15) is 0 Å². The highest BCUT2D eigenvalue weighted by molar-refractivity contribution is 9.10. The van der Waals surface area contributed by atoms with Crippen molar-refractivity contribution in [2.24, 2.45) is 0 Å². The first-order valence-corrected chi connectivity index (χ1v) is 8.85. The number of halogens is 1. The molecule has 4 heteroatoms. The Bertz CT molecular complexity index is 1020. The lowest BCUT2D eigenvalue weighted by molar-refractivity contribution is -0.0419. The van der Waals surface area contributed by atoms with Gasteiger partial charge in [0.2, 0.25) is 5.78 Å². The lowest BCUT2D eigenvalue weighted by atomic mass is 10.0. The number of hydrogen-bond acceptors (Lipinski definition) is 3. The van der Waals surface area contributed by atoms with E-state index in [0.717, 1.165) is 21.6 Å². The highest BCUT2D eigenvalue weighted by atomic mass is 79.9. The molecule has 0 saturated heterocycles. The normalized spacial score (nSPS) is 13.0. The van der Waals surface area contributed by atoms with E-state index in [0.29, 0.717) is 0 Å². The van der Waals surface area contributed by atoms with E-state index in [-0.39, 0.29) is 5.56 Å². The molecule has 130 valence electrons. The maximum atomic E-state index is 12.2. The molecule has 0 heterocycles.